The Morgan fingerprint density at radius 3 is 2.17 bits per heavy atom. The lowest BCUT2D eigenvalue weighted by molar-refractivity contribution is 0.187. The van der Waals surface area contributed by atoms with Crippen LogP contribution in [0.5, 0.6) is 0 Å². The zero-order valence-electron chi connectivity index (χ0n) is 21.4. The highest BCUT2D eigenvalue weighted by molar-refractivity contribution is 7.89. The van der Waals surface area contributed by atoms with Gasteiger partial charge in [-0.25, -0.2) is 17.5 Å². The number of piperazine rings is 1. The summed E-state index contributed by atoms with van der Waals surface area (Å²) in [6, 6.07) is 20.2. The van der Waals surface area contributed by atoms with Gasteiger partial charge in [0.2, 0.25) is 10.0 Å². The monoisotopic (exact) mass is 510 g/mol. The molecule has 0 bridgehead atoms. The lowest BCUT2D eigenvalue weighted by Crippen LogP contribution is -2.50. The molecule has 1 saturated heterocycles. The number of sulfonamides is 1. The molecule has 4 rings (SSSR count). The molecule has 3 aromatic carbocycles. The van der Waals surface area contributed by atoms with Crippen LogP contribution in [0.25, 0.3) is 0 Å². The van der Waals surface area contributed by atoms with Crippen molar-refractivity contribution in [2.24, 2.45) is 0 Å². The summed E-state index contributed by atoms with van der Waals surface area (Å²) in [6.45, 7) is 7.08. The van der Waals surface area contributed by atoms with Gasteiger partial charge in [0.05, 0.1) is 4.90 Å². The van der Waals surface area contributed by atoms with E-state index >= 15 is 0 Å². The Labute approximate surface area is 214 Å². The Morgan fingerprint density at radius 2 is 1.56 bits per heavy atom. The Balaban J connectivity index is 1.54. The minimum Gasteiger partial charge on any atom is -0.378 e. The average molecular weight is 511 g/mol. The molecule has 0 aliphatic carbocycles. The fourth-order valence-corrected chi connectivity index (χ4v) is 6.03. The van der Waals surface area contributed by atoms with E-state index in [0.717, 1.165) is 54.2 Å². The molecular weight excluding hydrogens is 475 g/mol. The number of benzene rings is 3. The molecule has 1 atom stereocenters. The molecule has 0 radical (unpaired) electrons. The number of anilines is 2. The molecule has 0 saturated carbocycles. The van der Waals surface area contributed by atoms with Crippen LogP contribution in [0.4, 0.5) is 15.8 Å². The second-order valence-electron chi connectivity index (χ2n) is 9.62. The van der Waals surface area contributed by atoms with Crippen molar-refractivity contribution >= 4 is 21.4 Å². The fraction of sp³-hybridized carbons (Fsp3) is 0.357. The predicted molar refractivity (Wildman–Crippen MR) is 145 cm³/mol. The van der Waals surface area contributed by atoms with Crippen LogP contribution < -0.4 is 14.5 Å². The maximum Gasteiger partial charge on any atom is 0.240 e. The summed E-state index contributed by atoms with van der Waals surface area (Å²) in [5.41, 5.74) is 4.80. The first-order chi connectivity index (χ1) is 17.1. The molecule has 1 aliphatic heterocycles. The largest absolute Gasteiger partial charge is 0.378 e. The SMILES string of the molecule is Cc1ccc(C)c(S(=O)(=O)NCC(c2ccc(N(C)C)cc2)N2CCN(c3ccc(F)cc3)CC2)c1. The van der Waals surface area contributed by atoms with Crippen LogP contribution in [0.2, 0.25) is 0 Å². The van der Waals surface area contributed by atoms with Gasteiger partial charge in [-0.1, -0.05) is 24.3 Å². The van der Waals surface area contributed by atoms with Crippen LogP contribution in [0.15, 0.2) is 71.6 Å². The lowest BCUT2D eigenvalue weighted by atomic mass is 10.0. The van der Waals surface area contributed by atoms with Gasteiger partial charge in [-0.3, -0.25) is 4.90 Å². The first kappa shape index (κ1) is 26.1. The minimum absolute atomic E-state index is 0.114. The molecule has 1 heterocycles. The maximum absolute atomic E-state index is 13.4. The highest BCUT2D eigenvalue weighted by atomic mass is 32.2. The Hall–Kier alpha value is -2.94. The standard InChI is InChI=1S/C28H35FN4O2S/c1-21-5-6-22(2)28(19-21)36(34,35)30-20-27(23-7-11-25(12-8-23)31(3)4)33-17-15-32(16-18-33)26-13-9-24(29)10-14-26/h5-14,19,27,30H,15-18,20H2,1-4H3. The highest BCUT2D eigenvalue weighted by Gasteiger charge is 2.27. The van der Waals surface area contributed by atoms with E-state index in [1.54, 1.807) is 18.2 Å². The molecule has 1 fully saturated rings. The van der Waals surface area contributed by atoms with Crippen LogP contribution in [-0.2, 0) is 10.0 Å². The van der Waals surface area contributed by atoms with Crippen LogP contribution in [0.1, 0.15) is 22.7 Å². The highest BCUT2D eigenvalue weighted by Crippen LogP contribution is 2.27. The molecule has 1 aliphatic rings. The van der Waals surface area contributed by atoms with Gasteiger partial charge in [-0.2, -0.15) is 0 Å². The zero-order valence-corrected chi connectivity index (χ0v) is 22.2. The van der Waals surface area contributed by atoms with Gasteiger partial charge < -0.3 is 9.80 Å². The number of rotatable bonds is 8. The van der Waals surface area contributed by atoms with E-state index in [2.05, 4.69) is 38.8 Å². The van der Waals surface area contributed by atoms with Crippen molar-refractivity contribution in [2.75, 3.05) is 56.6 Å². The third-order valence-corrected chi connectivity index (χ3v) is 8.41. The fourth-order valence-electron chi connectivity index (χ4n) is 4.66. The van der Waals surface area contributed by atoms with Crippen LogP contribution in [0.3, 0.4) is 0 Å². The number of nitrogens with one attached hydrogen (secondary N) is 1. The number of nitrogens with zero attached hydrogens (tertiary/aromatic N) is 3. The number of hydrogen-bond acceptors (Lipinski definition) is 5. The zero-order chi connectivity index (χ0) is 25.9. The first-order valence-corrected chi connectivity index (χ1v) is 13.7. The van der Waals surface area contributed by atoms with Gasteiger partial charge in [0.1, 0.15) is 5.82 Å². The van der Waals surface area contributed by atoms with E-state index in [0.29, 0.717) is 4.90 Å². The van der Waals surface area contributed by atoms with Crippen molar-refractivity contribution in [1.29, 1.82) is 0 Å². The van der Waals surface area contributed by atoms with Crippen LogP contribution in [0, 0.1) is 19.7 Å². The molecule has 0 amide bonds. The summed E-state index contributed by atoms with van der Waals surface area (Å²) in [6.07, 6.45) is 0. The summed E-state index contributed by atoms with van der Waals surface area (Å²) in [5.74, 6) is -0.241. The predicted octanol–water partition coefficient (Wildman–Crippen LogP) is 4.35. The minimum atomic E-state index is -3.67. The van der Waals surface area contributed by atoms with Crippen molar-refractivity contribution in [3.05, 3.63) is 89.2 Å². The van der Waals surface area contributed by atoms with Crippen molar-refractivity contribution in [1.82, 2.24) is 9.62 Å². The van der Waals surface area contributed by atoms with Gasteiger partial charge in [0.15, 0.2) is 0 Å². The molecule has 1 unspecified atom stereocenters. The van der Waals surface area contributed by atoms with Crippen molar-refractivity contribution in [3.63, 3.8) is 0 Å². The molecule has 3 aromatic rings. The van der Waals surface area contributed by atoms with Gasteiger partial charge in [-0.05, 0) is 73.0 Å². The average Bonchev–Trinajstić information content (AvgIpc) is 2.86. The van der Waals surface area contributed by atoms with Gasteiger partial charge in [0, 0.05) is 64.2 Å². The van der Waals surface area contributed by atoms with Crippen molar-refractivity contribution in [2.45, 2.75) is 24.8 Å². The van der Waals surface area contributed by atoms with E-state index in [9.17, 15) is 12.8 Å². The molecule has 36 heavy (non-hydrogen) atoms. The quantitative estimate of drug-likeness (QED) is 0.488. The third kappa shape index (κ3) is 6.06. The van der Waals surface area contributed by atoms with Gasteiger partial charge >= 0.3 is 0 Å². The van der Waals surface area contributed by atoms with Crippen molar-refractivity contribution in [3.8, 4) is 0 Å². The summed E-state index contributed by atoms with van der Waals surface area (Å²) in [7, 11) is 0.334. The second kappa shape index (κ2) is 11.0. The first-order valence-electron chi connectivity index (χ1n) is 12.2. The van der Waals surface area contributed by atoms with E-state index in [4.69, 9.17) is 0 Å². The summed E-state index contributed by atoms with van der Waals surface area (Å²) < 4.78 is 42.8. The second-order valence-corrected chi connectivity index (χ2v) is 11.4. The molecule has 192 valence electrons. The van der Waals surface area contributed by atoms with Gasteiger partial charge in [0.25, 0.3) is 0 Å². The molecule has 0 spiro atoms. The molecule has 8 heteroatoms. The number of aryl methyl sites for hydroxylation is 2. The van der Waals surface area contributed by atoms with Gasteiger partial charge in [-0.15, -0.1) is 0 Å². The number of hydrogen-bond donors (Lipinski definition) is 1. The molecule has 6 nitrogen and oxygen atoms in total. The van der Waals surface area contributed by atoms with Crippen LogP contribution >= 0.6 is 0 Å². The van der Waals surface area contributed by atoms with Crippen LogP contribution in [-0.4, -0.2) is 60.1 Å². The van der Waals surface area contributed by atoms with E-state index in [1.807, 2.05) is 45.0 Å². The molecule has 0 aromatic heterocycles. The Morgan fingerprint density at radius 1 is 0.917 bits per heavy atom. The maximum atomic E-state index is 13.4. The third-order valence-electron chi connectivity index (χ3n) is 6.84. The summed E-state index contributed by atoms with van der Waals surface area (Å²) in [4.78, 5) is 6.94. The molecule has 1 N–H and O–H groups in total. The normalized spacial score (nSPS) is 15.6. The molecular formula is C28H35FN4O2S. The smallest absolute Gasteiger partial charge is 0.240 e. The van der Waals surface area contributed by atoms with Crippen molar-refractivity contribution < 1.29 is 12.8 Å². The lowest BCUT2D eigenvalue weighted by Gasteiger charge is -2.40. The number of halogens is 1. The summed E-state index contributed by atoms with van der Waals surface area (Å²) in [5, 5.41) is 0. The summed E-state index contributed by atoms with van der Waals surface area (Å²) >= 11 is 0. The van der Waals surface area contributed by atoms with E-state index < -0.39 is 10.0 Å². The Kier molecular flexibility index (Phi) is 7.97. The topological polar surface area (TPSA) is 55.9 Å². The van der Waals surface area contributed by atoms with E-state index in [1.165, 1.54) is 12.1 Å². The Bertz CT molecular complexity index is 1270. The van der Waals surface area contributed by atoms with E-state index in [-0.39, 0.29) is 18.4 Å².